The van der Waals surface area contributed by atoms with Crippen molar-refractivity contribution >= 4 is 6.08 Å². The van der Waals surface area contributed by atoms with E-state index in [4.69, 9.17) is 0 Å². The SMILES string of the molecule is O=C=NC1(c2cc(C(F)F)ccc2F)CC1. The number of alkyl halides is 2. The molecule has 1 aromatic rings. The van der Waals surface area contributed by atoms with Crippen molar-refractivity contribution < 1.29 is 18.0 Å². The van der Waals surface area contributed by atoms with E-state index < -0.39 is 17.8 Å². The van der Waals surface area contributed by atoms with E-state index >= 15 is 0 Å². The van der Waals surface area contributed by atoms with Crippen LogP contribution in [0.4, 0.5) is 13.2 Å². The molecule has 0 aromatic heterocycles. The first-order valence-corrected chi connectivity index (χ1v) is 4.76. The summed E-state index contributed by atoms with van der Waals surface area (Å²) in [5.74, 6) is -0.610. The summed E-state index contributed by atoms with van der Waals surface area (Å²) in [5.41, 5.74) is -1.14. The molecule has 0 radical (unpaired) electrons. The Bertz CT molecular complexity index is 462. The number of carbonyl (C=O) groups excluding carboxylic acids is 1. The zero-order valence-electron chi connectivity index (χ0n) is 8.21. The summed E-state index contributed by atoms with van der Waals surface area (Å²) in [6.07, 6.45) is -0.308. The molecule has 16 heavy (non-hydrogen) atoms. The minimum absolute atomic E-state index is 0.0636. The molecule has 0 N–H and O–H groups in total. The molecular formula is C11H8F3NO. The highest BCUT2D eigenvalue weighted by Crippen LogP contribution is 2.50. The number of aliphatic imine (C=N–C) groups is 1. The number of halogens is 3. The second-order valence-electron chi connectivity index (χ2n) is 3.77. The zero-order valence-corrected chi connectivity index (χ0v) is 8.21. The van der Waals surface area contributed by atoms with Crippen molar-refractivity contribution in [1.82, 2.24) is 0 Å². The number of benzene rings is 1. The largest absolute Gasteiger partial charge is 0.263 e. The lowest BCUT2D eigenvalue weighted by Gasteiger charge is -2.11. The first kappa shape index (κ1) is 10.9. The molecule has 1 saturated carbocycles. The van der Waals surface area contributed by atoms with Gasteiger partial charge in [0.15, 0.2) is 0 Å². The van der Waals surface area contributed by atoms with E-state index in [0.717, 1.165) is 18.2 Å². The molecule has 2 nitrogen and oxygen atoms in total. The number of isocyanates is 1. The Morgan fingerprint density at radius 3 is 2.56 bits per heavy atom. The van der Waals surface area contributed by atoms with Gasteiger partial charge in [-0.3, -0.25) is 0 Å². The Morgan fingerprint density at radius 1 is 1.38 bits per heavy atom. The lowest BCUT2D eigenvalue weighted by molar-refractivity contribution is 0.151. The molecule has 2 rings (SSSR count). The second-order valence-corrected chi connectivity index (χ2v) is 3.77. The van der Waals surface area contributed by atoms with Crippen LogP contribution < -0.4 is 0 Å². The van der Waals surface area contributed by atoms with Crippen LogP contribution in [-0.2, 0) is 10.3 Å². The van der Waals surface area contributed by atoms with Crippen molar-refractivity contribution in [3.63, 3.8) is 0 Å². The Morgan fingerprint density at radius 2 is 2.06 bits per heavy atom. The Kier molecular flexibility index (Phi) is 2.56. The van der Waals surface area contributed by atoms with Gasteiger partial charge in [-0.15, -0.1) is 0 Å². The van der Waals surface area contributed by atoms with E-state index in [2.05, 4.69) is 4.99 Å². The fourth-order valence-electron chi connectivity index (χ4n) is 1.68. The molecule has 0 spiro atoms. The lowest BCUT2D eigenvalue weighted by atomic mass is 10.0. The number of rotatable bonds is 3. The predicted molar refractivity (Wildman–Crippen MR) is 50.4 cm³/mol. The summed E-state index contributed by atoms with van der Waals surface area (Å²) < 4.78 is 38.3. The van der Waals surface area contributed by atoms with E-state index in [1.807, 2.05) is 0 Å². The highest BCUT2D eigenvalue weighted by molar-refractivity contribution is 5.43. The molecule has 5 heteroatoms. The monoisotopic (exact) mass is 227 g/mol. The lowest BCUT2D eigenvalue weighted by Crippen LogP contribution is -2.06. The standard InChI is InChI=1S/C11H8F3NO/c12-9-2-1-7(10(13)14)5-8(9)11(3-4-11)15-6-16/h1-2,5,10H,3-4H2. The van der Waals surface area contributed by atoms with Gasteiger partial charge in [-0.1, -0.05) is 6.07 Å². The van der Waals surface area contributed by atoms with Gasteiger partial charge in [0, 0.05) is 11.1 Å². The van der Waals surface area contributed by atoms with Crippen molar-refractivity contribution in [3.8, 4) is 0 Å². The fourth-order valence-corrected chi connectivity index (χ4v) is 1.68. The highest BCUT2D eigenvalue weighted by Gasteiger charge is 2.46. The smallest absolute Gasteiger partial charge is 0.211 e. The summed E-state index contributed by atoms with van der Waals surface area (Å²) in [4.78, 5) is 13.7. The van der Waals surface area contributed by atoms with Gasteiger partial charge >= 0.3 is 0 Å². The van der Waals surface area contributed by atoms with Crippen LogP contribution in [0.3, 0.4) is 0 Å². The van der Waals surface area contributed by atoms with Gasteiger partial charge in [0.25, 0.3) is 6.43 Å². The molecule has 1 aliphatic rings. The van der Waals surface area contributed by atoms with Crippen molar-refractivity contribution in [1.29, 1.82) is 0 Å². The Balaban J connectivity index is 2.47. The molecule has 1 fully saturated rings. The van der Waals surface area contributed by atoms with E-state index in [1.54, 1.807) is 0 Å². The maximum absolute atomic E-state index is 13.5. The molecule has 84 valence electrons. The van der Waals surface area contributed by atoms with E-state index in [9.17, 15) is 18.0 Å². The third kappa shape index (κ3) is 1.74. The van der Waals surface area contributed by atoms with Crippen molar-refractivity contribution in [2.24, 2.45) is 4.99 Å². The second kappa shape index (κ2) is 3.76. The van der Waals surface area contributed by atoms with Crippen LogP contribution in [-0.4, -0.2) is 6.08 Å². The Labute approximate surface area is 89.8 Å². The summed E-state index contributed by atoms with van der Waals surface area (Å²) in [6, 6.07) is 3.09. The fraction of sp³-hybridized carbons (Fsp3) is 0.364. The van der Waals surface area contributed by atoms with Crippen LogP contribution in [0.15, 0.2) is 23.2 Å². The molecule has 0 aliphatic heterocycles. The molecule has 1 aliphatic carbocycles. The summed E-state index contributed by atoms with van der Waals surface area (Å²) in [7, 11) is 0. The minimum atomic E-state index is -2.66. The van der Waals surface area contributed by atoms with E-state index in [0.29, 0.717) is 12.8 Å². The number of hydrogen-bond acceptors (Lipinski definition) is 2. The average Bonchev–Trinajstić information content (AvgIpc) is 2.99. The Hall–Kier alpha value is -1.61. The molecular weight excluding hydrogens is 219 g/mol. The molecule has 0 unspecified atom stereocenters. The van der Waals surface area contributed by atoms with Crippen LogP contribution in [0.25, 0.3) is 0 Å². The molecule has 0 amide bonds. The molecule has 0 saturated heterocycles. The number of nitrogens with zero attached hydrogens (tertiary/aromatic N) is 1. The molecule has 0 atom stereocenters. The first-order valence-electron chi connectivity index (χ1n) is 4.76. The summed E-state index contributed by atoms with van der Waals surface area (Å²) >= 11 is 0. The van der Waals surface area contributed by atoms with Crippen LogP contribution in [0, 0.1) is 5.82 Å². The van der Waals surface area contributed by atoms with Gasteiger partial charge < -0.3 is 0 Å². The zero-order chi connectivity index (χ0) is 11.8. The molecule has 0 heterocycles. The van der Waals surface area contributed by atoms with E-state index in [1.165, 1.54) is 6.08 Å². The number of hydrogen-bond donors (Lipinski definition) is 0. The van der Waals surface area contributed by atoms with Gasteiger partial charge in [0.05, 0.1) is 0 Å². The summed E-state index contributed by atoms with van der Waals surface area (Å²) in [5, 5.41) is 0. The van der Waals surface area contributed by atoms with Gasteiger partial charge in [-0.05, 0) is 25.0 Å². The normalized spacial score (nSPS) is 17.0. The molecule has 0 bridgehead atoms. The average molecular weight is 227 g/mol. The van der Waals surface area contributed by atoms with Gasteiger partial charge in [-0.2, -0.15) is 4.99 Å². The predicted octanol–water partition coefficient (Wildman–Crippen LogP) is 3.09. The summed E-state index contributed by atoms with van der Waals surface area (Å²) in [6.45, 7) is 0. The maximum atomic E-state index is 13.5. The van der Waals surface area contributed by atoms with Gasteiger partial charge in [0.2, 0.25) is 6.08 Å². The van der Waals surface area contributed by atoms with Crippen LogP contribution >= 0.6 is 0 Å². The molecule has 1 aromatic carbocycles. The van der Waals surface area contributed by atoms with Crippen LogP contribution in [0.5, 0.6) is 0 Å². The topological polar surface area (TPSA) is 29.4 Å². The van der Waals surface area contributed by atoms with E-state index in [-0.39, 0.29) is 11.1 Å². The third-order valence-corrected chi connectivity index (χ3v) is 2.73. The van der Waals surface area contributed by atoms with Gasteiger partial charge in [-0.25, -0.2) is 18.0 Å². The maximum Gasteiger partial charge on any atom is 0.263 e. The highest BCUT2D eigenvalue weighted by atomic mass is 19.3. The van der Waals surface area contributed by atoms with Crippen molar-refractivity contribution in [2.45, 2.75) is 24.8 Å². The third-order valence-electron chi connectivity index (χ3n) is 2.73. The quantitative estimate of drug-likeness (QED) is 0.576. The van der Waals surface area contributed by atoms with Crippen molar-refractivity contribution in [2.75, 3.05) is 0 Å². The van der Waals surface area contributed by atoms with Crippen LogP contribution in [0.1, 0.15) is 30.4 Å². The van der Waals surface area contributed by atoms with Crippen molar-refractivity contribution in [3.05, 3.63) is 35.1 Å². The first-order chi connectivity index (χ1) is 7.59. The minimum Gasteiger partial charge on any atom is -0.211 e. The van der Waals surface area contributed by atoms with Gasteiger partial charge in [0.1, 0.15) is 11.4 Å². The van der Waals surface area contributed by atoms with Crippen LogP contribution in [0.2, 0.25) is 0 Å².